The zero-order valence-corrected chi connectivity index (χ0v) is 14.6. The Hall–Kier alpha value is -3.24. The molecule has 1 heterocycles. The van der Waals surface area contributed by atoms with Crippen LogP contribution in [0, 0.1) is 23.0 Å². The van der Waals surface area contributed by atoms with Gasteiger partial charge in [-0.05, 0) is 30.3 Å². The van der Waals surface area contributed by atoms with Gasteiger partial charge < -0.3 is 10.6 Å². The lowest BCUT2D eigenvalue weighted by Crippen LogP contribution is -2.30. The first-order valence-electron chi connectivity index (χ1n) is 7.95. The van der Waals surface area contributed by atoms with Gasteiger partial charge in [-0.3, -0.25) is 9.78 Å². The summed E-state index contributed by atoms with van der Waals surface area (Å²) in [7, 11) is 0. The Kier molecular flexibility index (Phi) is 5.48. The van der Waals surface area contributed by atoms with Gasteiger partial charge in [-0.2, -0.15) is 5.26 Å². The number of halogens is 3. The first kappa shape index (κ1) is 18.5. The van der Waals surface area contributed by atoms with Crippen LogP contribution in [-0.2, 0) is 0 Å². The Bertz CT molecular complexity index is 1050. The normalized spacial score (nSPS) is 10.4. The van der Waals surface area contributed by atoms with Crippen molar-refractivity contribution < 1.29 is 13.6 Å². The number of aromatic nitrogens is 1. The smallest absolute Gasteiger partial charge is 0.257 e. The summed E-state index contributed by atoms with van der Waals surface area (Å²) >= 11 is 6.02. The number of anilines is 1. The van der Waals surface area contributed by atoms with Gasteiger partial charge in [-0.1, -0.05) is 17.7 Å². The molecule has 0 radical (unpaired) electrons. The number of carbonyl (C=O) groups is 1. The fourth-order valence-electron chi connectivity index (χ4n) is 2.61. The number of rotatable bonds is 5. The number of amides is 1. The highest BCUT2D eigenvalue weighted by atomic mass is 35.5. The Balaban J connectivity index is 1.72. The predicted molar refractivity (Wildman–Crippen MR) is 98.6 cm³/mol. The molecule has 0 fully saturated rings. The number of nitriles is 1. The average Bonchev–Trinajstić information content (AvgIpc) is 2.65. The van der Waals surface area contributed by atoms with Crippen LogP contribution in [0.15, 0.2) is 42.6 Å². The van der Waals surface area contributed by atoms with Crippen LogP contribution < -0.4 is 10.6 Å². The predicted octanol–water partition coefficient (Wildman–Crippen LogP) is 3.88. The van der Waals surface area contributed by atoms with Gasteiger partial charge in [0.2, 0.25) is 0 Å². The maximum absolute atomic E-state index is 13.6. The lowest BCUT2D eigenvalue weighted by Gasteiger charge is -2.12. The average molecular weight is 387 g/mol. The molecule has 1 amide bonds. The highest BCUT2D eigenvalue weighted by Gasteiger charge is 2.16. The van der Waals surface area contributed by atoms with E-state index in [9.17, 15) is 18.8 Å². The molecule has 0 saturated heterocycles. The molecule has 2 N–H and O–H groups in total. The van der Waals surface area contributed by atoms with Crippen LogP contribution in [0.25, 0.3) is 10.9 Å². The van der Waals surface area contributed by atoms with E-state index in [0.29, 0.717) is 27.2 Å². The highest BCUT2D eigenvalue weighted by molar-refractivity contribution is 6.31. The van der Waals surface area contributed by atoms with E-state index in [4.69, 9.17) is 11.6 Å². The topological polar surface area (TPSA) is 77.8 Å². The van der Waals surface area contributed by atoms with E-state index in [-0.39, 0.29) is 13.1 Å². The van der Waals surface area contributed by atoms with E-state index >= 15 is 0 Å². The second-order valence-electron chi connectivity index (χ2n) is 5.60. The van der Waals surface area contributed by atoms with Crippen molar-refractivity contribution in [2.75, 3.05) is 18.4 Å². The Morgan fingerprint density at radius 1 is 1.19 bits per heavy atom. The van der Waals surface area contributed by atoms with E-state index < -0.39 is 23.1 Å². The van der Waals surface area contributed by atoms with Crippen molar-refractivity contribution in [1.29, 1.82) is 5.26 Å². The minimum Gasteiger partial charge on any atom is -0.382 e. The van der Waals surface area contributed by atoms with Gasteiger partial charge >= 0.3 is 0 Å². The number of hydrogen-bond donors (Lipinski definition) is 2. The summed E-state index contributed by atoms with van der Waals surface area (Å²) in [6.45, 7) is 0.310. The molecular weight excluding hydrogens is 374 g/mol. The summed E-state index contributed by atoms with van der Waals surface area (Å²) in [6, 6.07) is 10.4. The van der Waals surface area contributed by atoms with Crippen LogP contribution in [0.3, 0.4) is 0 Å². The zero-order chi connectivity index (χ0) is 19.4. The molecule has 5 nitrogen and oxygen atoms in total. The molecule has 2 aromatic carbocycles. The summed E-state index contributed by atoms with van der Waals surface area (Å²) < 4.78 is 27.2. The van der Waals surface area contributed by atoms with Crippen molar-refractivity contribution in [3.63, 3.8) is 0 Å². The maximum atomic E-state index is 13.6. The number of pyridine rings is 1. The van der Waals surface area contributed by atoms with Crippen LogP contribution in [0.1, 0.15) is 15.9 Å². The molecule has 0 aliphatic carbocycles. The second-order valence-corrected chi connectivity index (χ2v) is 6.04. The molecular formula is C19H13ClF2N4O. The molecule has 0 atom stereocenters. The van der Waals surface area contributed by atoms with Crippen LogP contribution in [0.5, 0.6) is 0 Å². The fourth-order valence-corrected chi connectivity index (χ4v) is 2.78. The molecule has 0 unspecified atom stereocenters. The first-order chi connectivity index (χ1) is 13.0. The van der Waals surface area contributed by atoms with E-state index in [2.05, 4.69) is 15.6 Å². The zero-order valence-electron chi connectivity index (χ0n) is 13.9. The number of carbonyl (C=O) groups excluding carboxylic acids is 1. The standard InChI is InChI=1S/C19H13ClF2N4O/c20-12-4-5-16-13(8-12)18(11(9-23)10-26-16)24-6-7-25-19(27)17-14(21)2-1-3-15(17)22/h1-5,8,10H,6-7H2,(H,24,26)(H,25,27). The van der Waals surface area contributed by atoms with Crippen molar-refractivity contribution in [2.45, 2.75) is 0 Å². The van der Waals surface area contributed by atoms with Crippen molar-refractivity contribution >= 4 is 34.1 Å². The molecule has 8 heteroatoms. The molecule has 1 aromatic heterocycles. The summed E-state index contributed by atoms with van der Waals surface area (Å²) in [6.07, 6.45) is 1.44. The van der Waals surface area contributed by atoms with Crippen LogP contribution in [-0.4, -0.2) is 24.0 Å². The summed E-state index contributed by atoms with van der Waals surface area (Å²) in [5.74, 6) is -2.71. The molecule has 3 rings (SSSR count). The number of nitrogens with zero attached hydrogens (tertiary/aromatic N) is 2. The maximum Gasteiger partial charge on any atom is 0.257 e. The Morgan fingerprint density at radius 3 is 2.63 bits per heavy atom. The number of hydrogen-bond acceptors (Lipinski definition) is 4. The molecule has 0 saturated carbocycles. The largest absolute Gasteiger partial charge is 0.382 e. The third-order valence-corrected chi connectivity index (χ3v) is 4.09. The lowest BCUT2D eigenvalue weighted by molar-refractivity contribution is 0.0947. The van der Waals surface area contributed by atoms with Crippen molar-refractivity contribution in [3.8, 4) is 6.07 Å². The van der Waals surface area contributed by atoms with Gasteiger partial charge in [0, 0.05) is 29.7 Å². The van der Waals surface area contributed by atoms with Gasteiger partial charge in [0.15, 0.2) is 0 Å². The molecule has 3 aromatic rings. The van der Waals surface area contributed by atoms with Crippen LogP contribution >= 0.6 is 11.6 Å². The second kappa shape index (κ2) is 7.98. The lowest BCUT2D eigenvalue weighted by atomic mass is 10.1. The summed E-state index contributed by atoms with van der Waals surface area (Å²) in [5, 5.41) is 15.9. The van der Waals surface area contributed by atoms with Gasteiger partial charge in [-0.25, -0.2) is 8.78 Å². The molecule has 0 aliphatic heterocycles. The van der Waals surface area contributed by atoms with Gasteiger partial charge in [0.1, 0.15) is 23.3 Å². The molecule has 0 bridgehead atoms. The van der Waals surface area contributed by atoms with E-state index in [1.165, 1.54) is 12.3 Å². The SMILES string of the molecule is N#Cc1cnc2ccc(Cl)cc2c1NCCNC(=O)c1c(F)cccc1F. The van der Waals surface area contributed by atoms with Gasteiger partial charge in [-0.15, -0.1) is 0 Å². The van der Waals surface area contributed by atoms with Gasteiger partial charge in [0.25, 0.3) is 5.91 Å². The summed E-state index contributed by atoms with van der Waals surface area (Å²) in [5.41, 5.74) is 0.863. The van der Waals surface area contributed by atoms with E-state index in [0.717, 1.165) is 12.1 Å². The summed E-state index contributed by atoms with van der Waals surface area (Å²) in [4.78, 5) is 16.2. The van der Waals surface area contributed by atoms with Crippen LogP contribution in [0.4, 0.5) is 14.5 Å². The number of nitrogens with one attached hydrogen (secondary N) is 2. The monoisotopic (exact) mass is 386 g/mol. The van der Waals surface area contributed by atoms with Crippen molar-refractivity contribution in [1.82, 2.24) is 10.3 Å². The van der Waals surface area contributed by atoms with Gasteiger partial charge in [0.05, 0.1) is 16.8 Å². The number of benzene rings is 2. The Morgan fingerprint density at radius 2 is 1.93 bits per heavy atom. The molecule has 0 aliphatic rings. The number of fused-ring (bicyclic) bond motifs is 1. The van der Waals surface area contributed by atoms with Crippen LogP contribution in [0.2, 0.25) is 5.02 Å². The Labute approximate surface area is 158 Å². The highest BCUT2D eigenvalue weighted by Crippen LogP contribution is 2.27. The molecule has 27 heavy (non-hydrogen) atoms. The van der Waals surface area contributed by atoms with E-state index in [1.807, 2.05) is 6.07 Å². The van der Waals surface area contributed by atoms with Crippen molar-refractivity contribution in [3.05, 3.63) is 70.4 Å². The third kappa shape index (κ3) is 3.96. The quantitative estimate of drug-likeness (QED) is 0.652. The minimum atomic E-state index is -0.929. The van der Waals surface area contributed by atoms with E-state index in [1.54, 1.807) is 18.2 Å². The minimum absolute atomic E-state index is 0.0852. The first-order valence-corrected chi connectivity index (χ1v) is 8.33. The fraction of sp³-hybridized carbons (Fsp3) is 0.105. The third-order valence-electron chi connectivity index (χ3n) is 3.85. The molecule has 136 valence electrons. The molecule has 0 spiro atoms. The van der Waals surface area contributed by atoms with Crippen molar-refractivity contribution in [2.24, 2.45) is 0 Å².